The molecule has 9 heteroatoms. The minimum atomic E-state index is -0.155. The molecular formula is C21H24N4O3S2. The van der Waals surface area contributed by atoms with Gasteiger partial charge in [0.05, 0.1) is 5.39 Å². The fraction of sp³-hybridized carbons (Fsp3) is 0.429. The zero-order chi connectivity index (χ0) is 21.1. The van der Waals surface area contributed by atoms with Gasteiger partial charge in [-0.05, 0) is 38.2 Å². The van der Waals surface area contributed by atoms with Crippen LogP contribution >= 0.6 is 23.1 Å². The Kier molecular flexibility index (Phi) is 6.38. The molecule has 0 aliphatic heterocycles. The highest BCUT2D eigenvalue weighted by Gasteiger charge is 2.21. The van der Waals surface area contributed by atoms with E-state index in [0.29, 0.717) is 29.0 Å². The lowest BCUT2D eigenvalue weighted by atomic mass is 10.1. The summed E-state index contributed by atoms with van der Waals surface area (Å²) in [5.74, 6) is 1.39. The molecule has 3 aromatic heterocycles. The first-order valence-corrected chi connectivity index (χ1v) is 11.9. The molecule has 0 fully saturated rings. The van der Waals surface area contributed by atoms with E-state index in [0.717, 1.165) is 29.5 Å². The van der Waals surface area contributed by atoms with Gasteiger partial charge in [0, 0.05) is 29.7 Å². The molecule has 0 atom stereocenters. The number of aryl methyl sites for hydroxylation is 3. The normalized spacial score (nSPS) is 13.8. The first-order chi connectivity index (χ1) is 14.6. The van der Waals surface area contributed by atoms with Crippen molar-refractivity contribution in [3.8, 4) is 0 Å². The van der Waals surface area contributed by atoms with Crippen molar-refractivity contribution in [3.63, 3.8) is 0 Å². The molecule has 0 spiro atoms. The second-order valence-corrected chi connectivity index (χ2v) is 9.46. The number of hydrogen-bond donors (Lipinski definition) is 1. The maximum Gasteiger partial charge on any atom is 0.263 e. The molecule has 3 heterocycles. The van der Waals surface area contributed by atoms with Gasteiger partial charge in [0.25, 0.3) is 5.56 Å². The molecule has 0 aromatic carbocycles. The van der Waals surface area contributed by atoms with Gasteiger partial charge in [-0.25, -0.2) is 4.98 Å². The Bertz CT molecular complexity index is 1150. The fourth-order valence-corrected chi connectivity index (χ4v) is 5.91. The first kappa shape index (κ1) is 20.9. The van der Waals surface area contributed by atoms with Crippen LogP contribution in [-0.4, -0.2) is 26.4 Å². The Balaban J connectivity index is 1.54. The van der Waals surface area contributed by atoms with E-state index >= 15 is 0 Å². The summed E-state index contributed by atoms with van der Waals surface area (Å²) >= 11 is 3.07. The van der Waals surface area contributed by atoms with Gasteiger partial charge in [0.2, 0.25) is 5.91 Å². The van der Waals surface area contributed by atoms with E-state index < -0.39 is 0 Å². The molecule has 30 heavy (non-hydrogen) atoms. The summed E-state index contributed by atoms with van der Waals surface area (Å²) in [6.45, 7) is 5.96. The third kappa shape index (κ3) is 4.37. The number of thioether (sulfide) groups is 1. The molecule has 1 amide bonds. The minimum absolute atomic E-state index is 0.00400. The summed E-state index contributed by atoms with van der Waals surface area (Å²) in [4.78, 5) is 32.4. The third-order valence-electron chi connectivity index (χ3n) is 5.06. The lowest BCUT2D eigenvalue weighted by Crippen LogP contribution is -2.23. The van der Waals surface area contributed by atoms with Crippen molar-refractivity contribution in [2.24, 2.45) is 0 Å². The summed E-state index contributed by atoms with van der Waals surface area (Å²) in [6.07, 6.45) is 7.47. The van der Waals surface area contributed by atoms with Gasteiger partial charge in [0.1, 0.15) is 10.6 Å². The highest BCUT2D eigenvalue weighted by atomic mass is 32.2. The molecule has 158 valence electrons. The minimum Gasteiger partial charge on any atom is -0.360 e. The number of thiophene rings is 1. The zero-order valence-corrected chi connectivity index (χ0v) is 18.5. The standard InChI is InChI=1S/C21H24N4O3S2/c1-3-10-25-20(27)18-14-7-5-4-6-8-15(14)30-19(18)23-21(25)29-11-9-17(26)22-16-12-13(2)28-24-16/h3,12H,1,4-11H2,2H3,(H,22,24,26). The van der Waals surface area contributed by atoms with Gasteiger partial charge in [-0.1, -0.05) is 29.4 Å². The van der Waals surface area contributed by atoms with Gasteiger partial charge in [0.15, 0.2) is 11.0 Å². The molecule has 1 aliphatic rings. The number of nitrogens with one attached hydrogen (secondary N) is 1. The van der Waals surface area contributed by atoms with Crippen molar-refractivity contribution in [1.29, 1.82) is 0 Å². The number of anilines is 1. The quantitative estimate of drug-likeness (QED) is 0.252. The molecule has 4 rings (SSSR count). The number of rotatable bonds is 7. The van der Waals surface area contributed by atoms with Crippen molar-refractivity contribution in [3.05, 3.63) is 45.3 Å². The van der Waals surface area contributed by atoms with E-state index in [4.69, 9.17) is 9.51 Å². The van der Waals surface area contributed by atoms with Gasteiger partial charge in [-0.2, -0.15) is 0 Å². The maximum atomic E-state index is 13.3. The van der Waals surface area contributed by atoms with Crippen molar-refractivity contribution in [2.75, 3.05) is 11.1 Å². The summed E-state index contributed by atoms with van der Waals surface area (Å²) in [5.41, 5.74) is 1.20. The molecule has 3 aromatic rings. The van der Waals surface area contributed by atoms with Crippen molar-refractivity contribution in [2.45, 2.75) is 57.1 Å². The van der Waals surface area contributed by atoms with Crippen molar-refractivity contribution in [1.82, 2.24) is 14.7 Å². The van der Waals surface area contributed by atoms with Crippen LogP contribution in [-0.2, 0) is 24.2 Å². The van der Waals surface area contributed by atoms with Gasteiger partial charge in [-0.3, -0.25) is 14.2 Å². The van der Waals surface area contributed by atoms with Crippen LogP contribution in [0.15, 0.2) is 33.2 Å². The Labute approximate surface area is 182 Å². The number of aromatic nitrogens is 3. The number of hydrogen-bond acceptors (Lipinski definition) is 7. The van der Waals surface area contributed by atoms with Crippen molar-refractivity contribution < 1.29 is 9.32 Å². The van der Waals surface area contributed by atoms with Crippen molar-refractivity contribution >= 4 is 45.0 Å². The summed E-state index contributed by atoms with van der Waals surface area (Å²) in [5, 5.41) is 7.88. The van der Waals surface area contributed by atoms with E-state index in [2.05, 4.69) is 17.1 Å². The van der Waals surface area contributed by atoms with E-state index in [-0.39, 0.29) is 17.9 Å². The zero-order valence-electron chi connectivity index (χ0n) is 16.9. The van der Waals surface area contributed by atoms with Crippen LogP contribution in [0.1, 0.15) is 41.9 Å². The largest absolute Gasteiger partial charge is 0.360 e. The highest BCUT2D eigenvalue weighted by Crippen LogP contribution is 2.34. The molecule has 0 saturated carbocycles. The molecule has 7 nitrogen and oxygen atoms in total. The third-order valence-corrected chi connectivity index (χ3v) is 7.22. The predicted octanol–water partition coefficient (Wildman–Crippen LogP) is 4.33. The molecular weight excluding hydrogens is 420 g/mol. The number of nitrogens with zero attached hydrogens (tertiary/aromatic N) is 3. The monoisotopic (exact) mass is 444 g/mol. The van der Waals surface area contributed by atoms with Gasteiger partial charge in [-0.15, -0.1) is 17.9 Å². The SMILES string of the molecule is C=CCn1c(SCCC(=O)Nc2cc(C)on2)nc2sc3c(c2c1=O)CCCCC3. The van der Waals surface area contributed by atoms with Crippen LogP contribution in [0.3, 0.4) is 0 Å². The van der Waals surface area contributed by atoms with E-state index in [9.17, 15) is 9.59 Å². The molecule has 1 N–H and O–H groups in total. The summed E-state index contributed by atoms with van der Waals surface area (Å²) < 4.78 is 6.63. The number of carbonyl (C=O) groups excluding carboxylic acids is 1. The Morgan fingerprint density at radius 2 is 2.23 bits per heavy atom. The lowest BCUT2D eigenvalue weighted by molar-refractivity contribution is -0.115. The summed E-state index contributed by atoms with van der Waals surface area (Å²) in [7, 11) is 0. The smallest absolute Gasteiger partial charge is 0.263 e. The summed E-state index contributed by atoms with van der Waals surface area (Å²) in [6, 6.07) is 1.67. The average Bonchev–Trinajstić information content (AvgIpc) is 3.19. The molecule has 0 radical (unpaired) electrons. The maximum absolute atomic E-state index is 13.3. The highest BCUT2D eigenvalue weighted by molar-refractivity contribution is 7.99. The number of amides is 1. The second kappa shape index (κ2) is 9.18. The fourth-order valence-electron chi connectivity index (χ4n) is 3.66. The lowest BCUT2D eigenvalue weighted by Gasteiger charge is -2.10. The predicted molar refractivity (Wildman–Crippen MR) is 121 cm³/mol. The van der Waals surface area contributed by atoms with Crippen LogP contribution in [0.4, 0.5) is 5.82 Å². The van der Waals surface area contributed by atoms with Crippen LogP contribution in [0.5, 0.6) is 0 Å². The van der Waals surface area contributed by atoms with E-state index in [1.165, 1.54) is 35.0 Å². The molecule has 0 unspecified atom stereocenters. The average molecular weight is 445 g/mol. The number of fused-ring (bicyclic) bond motifs is 3. The van der Waals surface area contributed by atoms with E-state index in [1.807, 2.05) is 0 Å². The topological polar surface area (TPSA) is 90.0 Å². The molecule has 0 saturated heterocycles. The van der Waals surface area contributed by atoms with Crippen LogP contribution in [0.25, 0.3) is 10.2 Å². The number of allylic oxidation sites excluding steroid dienone is 1. The Morgan fingerprint density at radius 3 is 3.00 bits per heavy atom. The second-order valence-electron chi connectivity index (χ2n) is 7.31. The van der Waals surface area contributed by atoms with Crippen LogP contribution in [0, 0.1) is 6.92 Å². The van der Waals surface area contributed by atoms with Crippen LogP contribution < -0.4 is 10.9 Å². The Morgan fingerprint density at radius 1 is 1.40 bits per heavy atom. The van der Waals surface area contributed by atoms with Gasteiger partial charge < -0.3 is 9.84 Å². The van der Waals surface area contributed by atoms with E-state index in [1.54, 1.807) is 35.0 Å². The molecule has 0 bridgehead atoms. The Hall–Kier alpha value is -2.39. The van der Waals surface area contributed by atoms with Gasteiger partial charge >= 0.3 is 0 Å². The van der Waals surface area contributed by atoms with Crippen LogP contribution in [0.2, 0.25) is 0 Å². The molecule has 1 aliphatic carbocycles. The first-order valence-electron chi connectivity index (χ1n) is 10.1. The number of carbonyl (C=O) groups is 1.